The van der Waals surface area contributed by atoms with Gasteiger partial charge in [0.2, 0.25) is 0 Å². The SMILES string of the molecule is Cc1cc(C(=O)O)n(C2CCCNC2)n1. The van der Waals surface area contributed by atoms with Crippen LogP contribution in [0.1, 0.15) is 35.1 Å². The van der Waals surface area contributed by atoms with Crippen molar-refractivity contribution in [2.45, 2.75) is 25.8 Å². The van der Waals surface area contributed by atoms with Crippen LogP contribution in [0.25, 0.3) is 0 Å². The van der Waals surface area contributed by atoms with E-state index in [1.54, 1.807) is 10.7 Å². The first-order valence-corrected chi connectivity index (χ1v) is 5.18. The molecule has 0 aromatic carbocycles. The predicted octanol–water partition coefficient (Wildman–Crippen LogP) is 0.814. The van der Waals surface area contributed by atoms with Crippen molar-refractivity contribution in [3.63, 3.8) is 0 Å². The highest BCUT2D eigenvalue weighted by molar-refractivity contribution is 5.85. The molecule has 1 saturated heterocycles. The molecule has 1 aliphatic heterocycles. The van der Waals surface area contributed by atoms with Gasteiger partial charge in [-0.3, -0.25) is 4.68 Å². The van der Waals surface area contributed by atoms with E-state index in [2.05, 4.69) is 10.4 Å². The van der Waals surface area contributed by atoms with Crippen LogP contribution < -0.4 is 5.32 Å². The average Bonchev–Trinajstić information content (AvgIpc) is 2.62. The molecule has 1 aliphatic rings. The first-order chi connectivity index (χ1) is 7.18. The molecule has 0 radical (unpaired) electrons. The molecule has 1 fully saturated rings. The van der Waals surface area contributed by atoms with Crippen LogP contribution in [0.15, 0.2) is 6.07 Å². The van der Waals surface area contributed by atoms with Crippen LogP contribution in [0, 0.1) is 6.92 Å². The largest absolute Gasteiger partial charge is 0.477 e. The molecule has 15 heavy (non-hydrogen) atoms. The molecule has 0 spiro atoms. The van der Waals surface area contributed by atoms with Gasteiger partial charge in [0, 0.05) is 6.54 Å². The fourth-order valence-electron chi connectivity index (χ4n) is 2.00. The van der Waals surface area contributed by atoms with Gasteiger partial charge in [-0.25, -0.2) is 4.79 Å². The topological polar surface area (TPSA) is 67.2 Å². The van der Waals surface area contributed by atoms with Crippen LogP contribution in [0.2, 0.25) is 0 Å². The number of aromatic carboxylic acids is 1. The van der Waals surface area contributed by atoms with E-state index in [1.165, 1.54) is 0 Å². The summed E-state index contributed by atoms with van der Waals surface area (Å²) >= 11 is 0. The van der Waals surface area contributed by atoms with Crippen LogP contribution in [0.3, 0.4) is 0 Å². The van der Waals surface area contributed by atoms with Gasteiger partial charge in [0.05, 0.1) is 11.7 Å². The van der Waals surface area contributed by atoms with Crippen LogP contribution in [-0.4, -0.2) is 33.9 Å². The van der Waals surface area contributed by atoms with E-state index in [4.69, 9.17) is 5.11 Å². The fraction of sp³-hybridized carbons (Fsp3) is 0.600. The monoisotopic (exact) mass is 209 g/mol. The highest BCUT2D eigenvalue weighted by Crippen LogP contribution is 2.18. The number of carboxylic acid groups (broad SMARTS) is 1. The number of piperidine rings is 1. The van der Waals surface area contributed by atoms with E-state index in [0.717, 1.165) is 31.6 Å². The summed E-state index contributed by atoms with van der Waals surface area (Å²) in [5.74, 6) is -0.902. The van der Waals surface area contributed by atoms with Crippen molar-refractivity contribution in [3.05, 3.63) is 17.5 Å². The molecule has 0 bridgehead atoms. The molecular weight excluding hydrogens is 194 g/mol. The summed E-state index contributed by atoms with van der Waals surface area (Å²) in [6, 6.07) is 1.80. The molecule has 0 amide bonds. The third kappa shape index (κ3) is 2.02. The molecule has 1 unspecified atom stereocenters. The Labute approximate surface area is 88.1 Å². The lowest BCUT2D eigenvalue weighted by Crippen LogP contribution is -2.33. The number of carboxylic acids is 1. The molecule has 2 rings (SSSR count). The first-order valence-electron chi connectivity index (χ1n) is 5.18. The van der Waals surface area contributed by atoms with E-state index in [-0.39, 0.29) is 6.04 Å². The van der Waals surface area contributed by atoms with Crippen LogP contribution in [-0.2, 0) is 0 Å². The Kier molecular flexibility index (Phi) is 2.73. The lowest BCUT2D eigenvalue weighted by atomic mass is 10.1. The van der Waals surface area contributed by atoms with E-state index in [1.807, 2.05) is 6.92 Å². The minimum absolute atomic E-state index is 0.179. The standard InChI is InChI=1S/C10H15N3O2/c1-7-5-9(10(14)15)13(12-7)8-3-2-4-11-6-8/h5,8,11H,2-4,6H2,1H3,(H,14,15). The second-order valence-corrected chi connectivity index (χ2v) is 3.92. The Bertz CT molecular complexity index is 367. The zero-order chi connectivity index (χ0) is 10.8. The van der Waals surface area contributed by atoms with Crippen molar-refractivity contribution in [3.8, 4) is 0 Å². The van der Waals surface area contributed by atoms with Gasteiger partial charge < -0.3 is 10.4 Å². The van der Waals surface area contributed by atoms with Crippen molar-refractivity contribution >= 4 is 5.97 Å². The Morgan fingerprint density at radius 3 is 3.13 bits per heavy atom. The van der Waals surface area contributed by atoms with Gasteiger partial charge in [-0.2, -0.15) is 5.10 Å². The predicted molar refractivity (Wildman–Crippen MR) is 55.1 cm³/mol. The Morgan fingerprint density at radius 1 is 1.73 bits per heavy atom. The molecule has 82 valence electrons. The van der Waals surface area contributed by atoms with E-state index in [0.29, 0.717) is 5.69 Å². The quantitative estimate of drug-likeness (QED) is 0.756. The van der Waals surface area contributed by atoms with Gasteiger partial charge in [0.1, 0.15) is 5.69 Å². The Balaban J connectivity index is 2.28. The maximum Gasteiger partial charge on any atom is 0.354 e. The summed E-state index contributed by atoms with van der Waals surface area (Å²) in [5.41, 5.74) is 1.05. The lowest BCUT2D eigenvalue weighted by Gasteiger charge is -2.24. The molecule has 5 nitrogen and oxygen atoms in total. The highest BCUT2D eigenvalue weighted by atomic mass is 16.4. The smallest absolute Gasteiger partial charge is 0.354 e. The third-order valence-corrected chi connectivity index (χ3v) is 2.69. The number of nitrogens with zero attached hydrogens (tertiary/aromatic N) is 2. The molecule has 1 aromatic heterocycles. The summed E-state index contributed by atoms with van der Waals surface area (Å²) in [5, 5.41) is 16.5. The molecule has 2 heterocycles. The fourth-order valence-corrected chi connectivity index (χ4v) is 2.00. The Hall–Kier alpha value is -1.36. The van der Waals surface area contributed by atoms with E-state index in [9.17, 15) is 4.79 Å². The zero-order valence-electron chi connectivity index (χ0n) is 8.73. The summed E-state index contributed by atoms with van der Waals surface area (Å²) in [6.07, 6.45) is 2.07. The molecule has 5 heteroatoms. The van der Waals surface area contributed by atoms with Crippen molar-refractivity contribution in [2.24, 2.45) is 0 Å². The number of hydrogen-bond acceptors (Lipinski definition) is 3. The average molecular weight is 209 g/mol. The molecule has 1 aromatic rings. The number of aryl methyl sites for hydroxylation is 1. The summed E-state index contributed by atoms with van der Waals surface area (Å²) < 4.78 is 1.64. The summed E-state index contributed by atoms with van der Waals surface area (Å²) in [6.45, 7) is 3.64. The van der Waals surface area contributed by atoms with Gasteiger partial charge in [-0.1, -0.05) is 0 Å². The summed E-state index contributed by atoms with van der Waals surface area (Å²) in [7, 11) is 0. The number of aromatic nitrogens is 2. The lowest BCUT2D eigenvalue weighted by molar-refractivity contribution is 0.0678. The van der Waals surface area contributed by atoms with Gasteiger partial charge in [0.25, 0.3) is 0 Å². The van der Waals surface area contributed by atoms with Gasteiger partial charge in [0.15, 0.2) is 0 Å². The number of hydrogen-bond donors (Lipinski definition) is 2. The number of carbonyl (C=O) groups is 1. The molecule has 0 saturated carbocycles. The van der Waals surface area contributed by atoms with Crippen LogP contribution in [0.4, 0.5) is 0 Å². The molecule has 1 atom stereocenters. The summed E-state index contributed by atoms with van der Waals surface area (Å²) in [4.78, 5) is 11.0. The maximum atomic E-state index is 11.0. The van der Waals surface area contributed by atoms with Gasteiger partial charge in [-0.05, 0) is 32.4 Å². The molecule has 0 aliphatic carbocycles. The second-order valence-electron chi connectivity index (χ2n) is 3.92. The van der Waals surface area contributed by atoms with E-state index >= 15 is 0 Å². The zero-order valence-corrected chi connectivity index (χ0v) is 8.73. The van der Waals surface area contributed by atoms with Gasteiger partial charge >= 0.3 is 5.97 Å². The maximum absolute atomic E-state index is 11.0. The number of nitrogens with one attached hydrogen (secondary N) is 1. The van der Waals surface area contributed by atoms with Crippen molar-refractivity contribution in [1.29, 1.82) is 0 Å². The normalized spacial score (nSPS) is 21.5. The number of rotatable bonds is 2. The van der Waals surface area contributed by atoms with Crippen molar-refractivity contribution < 1.29 is 9.90 Å². The van der Waals surface area contributed by atoms with E-state index < -0.39 is 5.97 Å². The third-order valence-electron chi connectivity index (χ3n) is 2.69. The van der Waals surface area contributed by atoms with Crippen molar-refractivity contribution in [1.82, 2.24) is 15.1 Å². The van der Waals surface area contributed by atoms with Crippen LogP contribution in [0.5, 0.6) is 0 Å². The van der Waals surface area contributed by atoms with Crippen LogP contribution >= 0.6 is 0 Å². The second kappa shape index (κ2) is 4.02. The van der Waals surface area contributed by atoms with Gasteiger partial charge in [-0.15, -0.1) is 0 Å². The minimum Gasteiger partial charge on any atom is -0.477 e. The molecule has 2 N–H and O–H groups in total. The highest BCUT2D eigenvalue weighted by Gasteiger charge is 2.21. The van der Waals surface area contributed by atoms with Crippen molar-refractivity contribution in [2.75, 3.05) is 13.1 Å². The minimum atomic E-state index is -0.902. The first kappa shape index (κ1) is 10.2. The molecular formula is C10H15N3O2. The Morgan fingerprint density at radius 2 is 2.53 bits per heavy atom.